The summed E-state index contributed by atoms with van der Waals surface area (Å²) < 4.78 is 3.42. The summed E-state index contributed by atoms with van der Waals surface area (Å²) in [5.41, 5.74) is 0. The van der Waals surface area contributed by atoms with Crippen LogP contribution in [-0.2, 0) is 0 Å². The van der Waals surface area contributed by atoms with Crippen LogP contribution in [0.4, 0.5) is 0 Å². The average Bonchev–Trinajstić information content (AvgIpc) is 2.81. The van der Waals surface area contributed by atoms with Gasteiger partial charge in [0, 0.05) is 25.2 Å². The number of nitrogens with zero attached hydrogens (tertiary/aromatic N) is 2. The molecule has 0 amide bonds. The number of fused-ring (bicyclic) bond motifs is 2. The number of nitrogens with one attached hydrogen (secondary N) is 1. The molecule has 3 aliphatic rings. The molecule has 0 aromatic heterocycles. The Morgan fingerprint density at radius 2 is 1.94 bits per heavy atom. The molecular weight excluding hydrogens is 230 g/mol. The molecule has 1 saturated carbocycles. The van der Waals surface area contributed by atoms with Crippen LogP contribution in [0.15, 0.2) is 11.1 Å². The minimum absolute atomic E-state index is 0.527. The zero-order chi connectivity index (χ0) is 12.0. The molecule has 1 N–H and O–H groups in total. The van der Waals surface area contributed by atoms with Crippen molar-refractivity contribution in [2.45, 2.75) is 31.8 Å². The minimum Gasteiger partial charge on any atom is -0.365 e. The van der Waals surface area contributed by atoms with Gasteiger partial charge in [-0.3, -0.25) is 4.72 Å². The maximum atomic E-state index is 3.42. The van der Waals surface area contributed by atoms with E-state index in [0.29, 0.717) is 6.04 Å². The van der Waals surface area contributed by atoms with Gasteiger partial charge in [0.2, 0.25) is 0 Å². The Bertz CT molecular complexity index is 315. The summed E-state index contributed by atoms with van der Waals surface area (Å²) in [5, 5.41) is 1.46. The number of hydrogen-bond donors (Lipinski definition) is 1. The van der Waals surface area contributed by atoms with Crippen LogP contribution < -0.4 is 4.72 Å². The monoisotopic (exact) mass is 253 g/mol. The Morgan fingerprint density at radius 3 is 2.41 bits per heavy atom. The SMILES string of the molecule is CC1C=C(N2CC3CC[C@@H](C2)C3N(C)C)SN1. The predicted molar refractivity (Wildman–Crippen MR) is 73.5 cm³/mol. The molecule has 3 nitrogen and oxygen atoms in total. The summed E-state index contributed by atoms with van der Waals surface area (Å²) >= 11 is 1.82. The highest BCUT2D eigenvalue weighted by Crippen LogP contribution is 2.42. The molecule has 17 heavy (non-hydrogen) atoms. The van der Waals surface area contributed by atoms with Crippen LogP contribution in [0, 0.1) is 11.8 Å². The van der Waals surface area contributed by atoms with Crippen LogP contribution in [0.5, 0.6) is 0 Å². The van der Waals surface area contributed by atoms with Crippen molar-refractivity contribution in [3.05, 3.63) is 11.1 Å². The van der Waals surface area contributed by atoms with E-state index in [-0.39, 0.29) is 0 Å². The number of rotatable bonds is 2. The molecule has 2 heterocycles. The maximum Gasteiger partial charge on any atom is 0.0836 e. The van der Waals surface area contributed by atoms with E-state index in [1.807, 2.05) is 11.9 Å². The second kappa shape index (κ2) is 4.48. The van der Waals surface area contributed by atoms with Crippen molar-refractivity contribution in [1.82, 2.24) is 14.5 Å². The van der Waals surface area contributed by atoms with Gasteiger partial charge < -0.3 is 9.80 Å². The highest BCUT2D eigenvalue weighted by molar-refractivity contribution is 8.01. The van der Waals surface area contributed by atoms with Crippen molar-refractivity contribution in [3.8, 4) is 0 Å². The highest BCUT2D eigenvalue weighted by atomic mass is 32.2. The summed E-state index contributed by atoms with van der Waals surface area (Å²) in [7, 11) is 4.50. The van der Waals surface area contributed by atoms with E-state index in [0.717, 1.165) is 17.9 Å². The van der Waals surface area contributed by atoms with Crippen LogP contribution in [0.2, 0.25) is 0 Å². The Kier molecular flexibility index (Phi) is 3.13. The van der Waals surface area contributed by atoms with E-state index in [1.165, 1.54) is 31.0 Å². The Labute approximate surface area is 109 Å². The molecule has 1 aliphatic carbocycles. The van der Waals surface area contributed by atoms with Gasteiger partial charge in [-0.2, -0.15) is 0 Å². The Hall–Kier alpha value is -0.190. The molecule has 3 rings (SSSR count). The molecule has 2 aliphatic heterocycles. The van der Waals surface area contributed by atoms with E-state index in [9.17, 15) is 0 Å². The van der Waals surface area contributed by atoms with E-state index >= 15 is 0 Å². The maximum absolute atomic E-state index is 3.42. The number of piperidine rings is 1. The number of hydrogen-bond acceptors (Lipinski definition) is 4. The normalized spacial score (nSPS) is 41.2. The fourth-order valence-electron chi connectivity index (χ4n) is 3.82. The van der Waals surface area contributed by atoms with Gasteiger partial charge in [0.05, 0.1) is 5.03 Å². The molecule has 3 unspecified atom stereocenters. The first-order chi connectivity index (χ1) is 8.15. The topological polar surface area (TPSA) is 18.5 Å². The Balaban J connectivity index is 1.71. The minimum atomic E-state index is 0.527. The molecule has 1 saturated heterocycles. The Morgan fingerprint density at radius 1 is 1.29 bits per heavy atom. The van der Waals surface area contributed by atoms with Crippen LogP contribution in [0.3, 0.4) is 0 Å². The molecule has 0 spiro atoms. The fourth-order valence-corrected chi connectivity index (χ4v) is 4.75. The second-order valence-corrected chi connectivity index (χ2v) is 6.83. The third-order valence-electron chi connectivity index (χ3n) is 4.43. The average molecular weight is 253 g/mol. The van der Waals surface area contributed by atoms with E-state index < -0.39 is 0 Å². The van der Waals surface area contributed by atoms with Crippen molar-refractivity contribution >= 4 is 11.9 Å². The van der Waals surface area contributed by atoms with Crippen molar-refractivity contribution in [1.29, 1.82) is 0 Å². The lowest BCUT2D eigenvalue weighted by Crippen LogP contribution is -2.49. The van der Waals surface area contributed by atoms with Gasteiger partial charge in [-0.05, 0) is 63.7 Å². The molecule has 0 aromatic carbocycles. The van der Waals surface area contributed by atoms with Gasteiger partial charge >= 0.3 is 0 Å². The van der Waals surface area contributed by atoms with E-state index in [2.05, 4.69) is 41.6 Å². The van der Waals surface area contributed by atoms with Gasteiger partial charge in [-0.15, -0.1) is 0 Å². The molecule has 0 aromatic rings. The zero-order valence-corrected chi connectivity index (χ0v) is 11.8. The van der Waals surface area contributed by atoms with Crippen molar-refractivity contribution in [3.63, 3.8) is 0 Å². The summed E-state index contributed by atoms with van der Waals surface area (Å²) in [6.45, 7) is 4.74. The molecular formula is C13H23N3S. The van der Waals surface area contributed by atoms with Gasteiger partial charge in [0.25, 0.3) is 0 Å². The van der Waals surface area contributed by atoms with Gasteiger partial charge in [0.1, 0.15) is 0 Å². The lowest BCUT2D eigenvalue weighted by atomic mass is 9.91. The third kappa shape index (κ3) is 2.11. The van der Waals surface area contributed by atoms with Gasteiger partial charge in [0.15, 0.2) is 0 Å². The van der Waals surface area contributed by atoms with Crippen molar-refractivity contribution in [2.75, 3.05) is 27.2 Å². The molecule has 0 radical (unpaired) electrons. The molecule has 2 fully saturated rings. The fraction of sp³-hybridized carbons (Fsp3) is 0.846. The van der Waals surface area contributed by atoms with Crippen molar-refractivity contribution < 1.29 is 0 Å². The molecule has 4 heteroatoms. The largest absolute Gasteiger partial charge is 0.365 e. The smallest absolute Gasteiger partial charge is 0.0836 e. The molecule has 4 atom stereocenters. The van der Waals surface area contributed by atoms with E-state index in [1.54, 1.807) is 0 Å². The van der Waals surface area contributed by atoms with Crippen LogP contribution in [-0.4, -0.2) is 49.1 Å². The predicted octanol–water partition coefficient (Wildman–Crippen LogP) is 1.74. The highest BCUT2D eigenvalue weighted by Gasteiger charge is 2.43. The summed E-state index contributed by atoms with van der Waals surface area (Å²) in [5.74, 6) is 1.75. The van der Waals surface area contributed by atoms with Crippen LogP contribution in [0.1, 0.15) is 19.8 Å². The standard InChI is InChI=1S/C13H23N3S/c1-9-6-12(17-14-9)16-7-10-4-5-11(8-16)13(10)15(2)3/h6,9-11,13-14H,4-5,7-8H2,1-3H3/t9?,10-,11?,13?/m0/s1. The number of likely N-dealkylation sites (tertiary alicyclic amines) is 1. The van der Waals surface area contributed by atoms with Crippen molar-refractivity contribution in [2.24, 2.45) is 11.8 Å². The first-order valence-electron chi connectivity index (χ1n) is 6.70. The quantitative estimate of drug-likeness (QED) is 0.755. The lowest BCUT2D eigenvalue weighted by Gasteiger charge is -2.42. The molecule has 96 valence electrons. The van der Waals surface area contributed by atoms with Crippen LogP contribution in [0.25, 0.3) is 0 Å². The summed E-state index contributed by atoms with van der Waals surface area (Å²) in [6, 6.07) is 1.35. The lowest BCUT2D eigenvalue weighted by molar-refractivity contribution is 0.100. The zero-order valence-electron chi connectivity index (χ0n) is 11.0. The third-order valence-corrected chi connectivity index (χ3v) is 5.53. The van der Waals surface area contributed by atoms with E-state index in [4.69, 9.17) is 0 Å². The first kappa shape index (κ1) is 11.9. The van der Waals surface area contributed by atoms with Crippen LogP contribution >= 0.6 is 11.9 Å². The molecule has 2 bridgehead atoms. The summed E-state index contributed by atoms with van der Waals surface area (Å²) in [4.78, 5) is 5.07. The summed E-state index contributed by atoms with van der Waals surface area (Å²) in [6.07, 6.45) is 5.22. The first-order valence-corrected chi connectivity index (χ1v) is 7.52. The second-order valence-electron chi connectivity index (χ2n) is 5.97. The van der Waals surface area contributed by atoms with Gasteiger partial charge in [-0.1, -0.05) is 0 Å². The van der Waals surface area contributed by atoms with Gasteiger partial charge in [-0.25, -0.2) is 0 Å².